The van der Waals surface area contributed by atoms with Crippen LogP contribution in [0.2, 0.25) is 0 Å². The Morgan fingerprint density at radius 3 is 2.36 bits per heavy atom. The van der Waals surface area contributed by atoms with Crippen LogP contribution in [-0.4, -0.2) is 40.6 Å². The van der Waals surface area contributed by atoms with E-state index in [1.54, 1.807) is 36.2 Å². The quantitative estimate of drug-likeness (QED) is 0.209. The number of rotatable bonds is 11. The minimum Gasteiger partial charge on any atom is -0.497 e. The van der Waals surface area contributed by atoms with Gasteiger partial charge >= 0.3 is 12.1 Å². The minimum absolute atomic E-state index is 0.167. The first-order valence-electron chi connectivity index (χ1n) is 13.4. The molecule has 0 fully saturated rings. The summed E-state index contributed by atoms with van der Waals surface area (Å²) in [5.41, 5.74) is 2.29. The van der Waals surface area contributed by atoms with Gasteiger partial charge in [0.15, 0.2) is 5.60 Å². The van der Waals surface area contributed by atoms with Gasteiger partial charge in [-0.1, -0.05) is 24.3 Å². The Morgan fingerprint density at radius 2 is 1.76 bits per heavy atom. The molecule has 2 N–H and O–H groups in total. The van der Waals surface area contributed by atoms with Crippen molar-refractivity contribution in [1.82, 2.24) is 15.1 Å². The number of nitrogens with zero attached hydrogens (tertiary/aromatic N) is 2. The number of methoxy groups -OCH3 is 1. The standard InChI is InChI=1S/C32H34F3N3O4/c1-20-16-22(8-13-29(20)42-31(2,3)30(39)40)27(36-4)19-25-14-15-37-38(25)28-12-9-24(32(33,34)35)18-23(28)17-21-6-10-26(41-5)11-7-21/h6-16,18,27,36H,17,19H2,1-5H3,(H,39,40). The van der Waals surface area contributed by atoms with Crippen molar-refractivity contribution < 1.29 is 32.5 Å². The molecule has 10 heteroatoms. The number of carboxylic acids is 1. The molecule has 222 valence electrons. The largest absolute Gasteiger partial charge is 0.497 e. The third kappa shape index (κ3) is 6.94. The summed E-state index contributed by atoms with van der Waals surface area (Å²) in [4.78, 5) is 11.5. The fraction of sp³-hybridized carbons (Fsp3) is 0.312. The molecular formula is C32H34F3N3O4. The van der Waals surface area contributed by atoms with E-state index in [1.165, 1.54) is 26.0 Å². The molecule has 0 aliphatic heterocycles. The van der Waals surface area contributed by atoms with Gasteiger partial charge in [0.05, 0.1) is 18.4 Å². The lowest BCUT2D eigenvalue weighted by atomic mass is 9.98. The van der Waals surface area contributed by atoms with Crippen molar-refractivity contribution in [1.29, 1.82) is 0 Å². The van der Waals surface area contributed by atoms with E-state index in [-0.39, 0.29) is 12.5 Å². The van der Waals surface area contributed by atoms with Gasteiger partial charge in [0.1, 0.15) is 11.5 Å². The second kappa shape index (κ2) is 12.3. The minimum atomic E-state index is -4.48. The maximum atomic E-state index is 13.7. The molecule has 3 aromatic carbocycles. The number of aromatic nitrogens is 2. The van der Waals surface area contributed by atoms with Gasteiger partial charge in [0, 0.05) is 24.4 Å². The van der Waals surface area contributed by atoms with Crippen molar-refractivity contribution in [3.63, 3.8) is 0 Å². The van der Waals surface area contributed by atoms with Gasteiger partial charge in [-0.2, -0.15) is 18.3 Å². The molecule has 1 aromatic heterocycles. The third-order valence-electron chi connectivity index (χ3n) is 7.15. The van der Waals surface area contributed by atoms with Crippen LogP contribution >= 0.6 is 0 Å². The number of likely N-dealkylation sites (N-methyl/N-ethyl adjacent to an activating group) is 1. The summed E-state index contributed by atoms with van der Waals surface area (Å²) in [6.45, 7) is 4.83. The summed E-state index contributed by atoms with van der Waals surface area (Å²) in [6.07, 6.45) is -2.09. The second-order valence-electron chi connectivity index (χ2n) is 10.6. The molecule has 0 aliphatic rings. The number of halogens is 3. The van der Waals surface area contributed by atoms with Gasteiger partial charge in [-0.25, -0.2) is 9.48 Å². The zero-order chi connectivity index (χ0) is 30.7. The Hall–Kier alpha value is -4.31. The van der Waals surface area contributed by atoms with E-state index in [0.717, 1.165) is 28.5 Å². The number of alkyl halides is 3. The van der Waals surface area contributed by atoms with Crippen LogP contribution in [-0.2, 0) is 23.8 Å². The molecular weight excluding hydrogens is 547 g/mol. The van der Waals surface area contributed by atoms with Crippen LogP contribution in [0.4, 0.5) is 13.2 Å². The summed E-state index contributed by atoms with van der Waals surface area (Å²) >= 11 is 0. The van der Waals surface area contributed by atoms with Crippen molar-refractivity contribution in [2.45, 2.75) is 51.4 Å². The highest BCUT2D eigenvalue weighted by molar-refractivity contribution is 5.76. The SMILES string of the molecule is CNC(Cc1ccnn1-c1ccc(C(F)(F)F)cc1Cc1ccc(OC)cc1)c1ccc(OC(C)(C)C(=O)O)c(C)c1. The topological polar surface area (TPSA) is 85.6 Å². The van der Waals surface area contributed by atoms with Gasteiger partial charge < -0.3 is 19.9 Å². The average molecular weight is 582 g/mol. The smallest absolute Gasteiger partial charge is 0.416 e. The van der Waals surface area contributed by atoms with E-state index in [4.69, 9.17) is 9.47 Å². The monoisotopic (exact) mass is 581 g/mol. The van der Waals surface area contributed by atoms with Gasteiger partial charge in [-0.3, -0.25) is 0 Å². The van der Waals surface area contributed by atoms with Crippen LogP contribution in [0.15, 0.2) is 72.9 Å². The zero-order valence-electron chi connectivity index (χ0n) is 24.1. The van der Waals surface area contributed by atoms with Gasteiger partial charge in [-0.05, 0) is 99.0 Å². The number of hydrogen-bond donors (Lipinski definition) is 2. The van der Waals surface area contributed by atoms with Crippen LogP contribution in [0.3, 0.4) is 0 Å². The fourth-order valence-electron chi connectivity index (χ4n) is 4.69. The Labute approximate surface area is 242 Å². The number of aryl methyl sites for hydroxylation is 1. The van der Waals surface area contributed by atoms with Crippen molar-refractivity contribution in [2.75, 3.05) is 14.2 Å². The molecule has 0 aliphatic carbocycles. The van der Waals surface area contributed by atoms with E-state index in [2.05, 4.69) is 10.4 Å². The lowest BCUT2D eigenvalue weighted by Crippen LogP contribution is -2.38. The first-order chi connectivity index (χ1) is 19.8. The molecule has 42 heavy (non-hydrogen) atoms. The number of nitrogens with one attached hydrogen (secondary N) is 1. The number of carboxylic acid groups (broad SMARTS) is 1. The van der Waals surface area contributed by atoms with Crippen LogP contribution in [0.1, 0.15) is 53.4 Å². The van der Waals surface area contributed by atoms with E-state index in [1.807, 2.05) is 44.3 Å². The number of ether oxygens (including phenoxy) is 2. The highest BCUT2D eigenvalue weighted by Crippen LogP contribution is 2.33. The number of hydrogen-bond acceptors (Lipinski definition) is 5. The first-order valence-corrected chi connectivity index (χ1v) is 13.4. The van der Waals surface area contributed by atoms with Crippen molar-refractivity contribution in [3.8, 4) is 17.2 Å². The van der Waals surface area contributed by atoms with Crippen LogP contribution in [0, 0.1) is 6.92 Å². The van der Waals surface area contributed by atoms with E-state index < -0.39 is 23.3 Å². The van der Waals surface area contributed by atoms with Crippen LogP contribution in [0.5, 0.6) is 11.5 Å². The molecule has 0 spiro atoms. The number of aliphatic carboxylic acids is 1. The maximum absolute atomic E-state index is 13.7. The number of carbonyl (C=O) groups is 1. The third-order valence-corrected chi connectivity index (χ3v) is 7.15. The Kier molecular flexibility index (Phi) is 8.96. The number of benzene rings is 3. The molecule has 4 rings (SSSR count). The predicted octanol–water partition coefficient (Wildman–Crippen LogP) is 6.54. The van der Waals surface area contributed by atoms with Gasteiger partial charge in [0.2, 0.25) is 0 Å². The molecule has 1 atom stereocenters. The average Bonchev–Trinajstić information content (AvgIpc) is 3.40. The van der Waals surface area contributed by atoms with Crippen LogP contribution in [0.25, 0.3) is 5.69 Å². The van der Waals surface area contributed by atoms with Crippen molar-refractivity contribution in [3.05, 3.63) is 106 Å². The Bertz CT molecular complexity index is 1550. The molecule has 0 amide bonds. The highest BCUT2D eigenvalue weighted by atomic mass is 19.4. The molecule has 7 nitrogen and oxygen atoms in total. The van der Waals surface area contributed by atoms with E-state index in [0.29, 0.717) is 29.2 Å². The van der Waals surface area contributed by atoms with Crippen LogP contribution < -0.4 is 14.8 Å². The summed E-state index contributed by atoms with van der Waals surface area (Å²) in [6, 6.07) is 18.2. The van der Waals surface area contributed by atoms with Gasteiger partial charge in [0.25, 0.3) is 0 Å². The van der Waals surface area contributed by atoms with Crippen molar-refractivity contribution in [2.24, 2.45) is 0 Å². The van der Waals surface area contributed by atoms with E-state index >= 15 is 0 Å². The lowest BCUT2D eigenvalue weighted by molar-refractivity contribution is -0.152. The Morgan fingerprint density at radius 1 is 1.05 bits per heavy atom. The van der Waals surface area contributed by atoms with E-state index in [9.17, 15) is 23.1 Å². The van der Waals surface area contributed by atoms with Gasteiger partial charge in [-0.15, -0.1) is 0 Å². The summed E-state index contributed by atoms with van der Waals surface area (Å²) in [5, 5.41) is 17.2. The maximum Gasteiger partial charge on any atom is 0.416 e. The lowest BCUT2D eigenvalue weighted by Gasteiger charge is -2.24. The molecule has 1 unspecified atom stereocenters. The normalized spacial score (nSPS) is 12.7. The zero-order valence-corrected chi connectivity index (χ0v) is 24.1. The molecule has 0 radical (unpaired) electrons. The Balaban J connectivity index is 1.66. The first kappa shape index (κ1) is 30.6. The second-order valence-corrected chi connectivity index (χ2v) is 10.6. The molecule has 0 saturated carbocycles. The highest BCUT2D eigenvalue weighted by Gasteiger charge is 2.32. The molecule has 0 bridgehead atoms. The molecule has 4 aromatic rings. The van der Waals surface area contributed by atoms with Crippen molar-refractivity contribution >= 4 is 5.97 Å². The fourth-order valence-corrected chi connectivity index (χ4v) is 4.69. The summed E-state index contributed by atoms with van der Waals surface area (Å²) in [5.74, 6) is 0.0665. The summed E-state index contributed by atoms with van der Waals surface area (Å²) in [7, 11) is 3.38. The molecule has 0 saturated heterocycles. The predicted molar refractivity (Wildman–Crippen MR) is 153 cm³/mol. The molecule has 1 heterocycles. The summed E-state index contributed by atoms with van der Waals surface area (Å²) < 4.78 is 53.6.